The van der Waals surface area contributed by atoms with Gasteiger partial charge in [-0.05, 0) is 42.2 Å². The Balaban J connectivity index is 1.64. The Labute approximate surface area is 130 Å². The number of thioether (sulfide) groups is 1. The van der Waals surface area contributed by atoms with Crippen LogP contribution in [0.5, 0.6) is 11.5 Å². The monoisotopic (exact) mass is 300 g/mol. The van der Waals surface area contributed by atoms with Crippen LogP contribution in [0.15, 0.2) is 47.4 Å². The molecule has 0 amide bonds. The molecule has 2 aromatic rings. The molecule has 0 aromatic heterocycles. The van der Waals surface area contributed by atoms with Gasteiger partial charge >= 0.3 is 0 Å². The van der Waals surface area contributed by atoms with E-state index in [0.717, 1.165) is 24.3 Å². The third-order valence-corrected chi connectivity index (χ3v) is 5.06. The molecule has 0 saturated heterocycles. The van der Waals surface area contributed by atoms with Gasteiger partial charge in [-0.15, -0.1) is 11.8 Å². The number of rotatable bonds is 5. The quantitative estimate of drug-likeness (QED) is 0.817. The van der Waals surface area contributed by atoms with Crippen molar-refractivity contribution in [3.05, 3.63) is 53.6 Å². The van der Waals surface area contributed by atoms with E-state index in [4.69, 9.17) is 9.47 Å². The van der Waals surface area contributed by atoms with E-state index in [1.807, 2.05) is 17.8 Å². The summed E-state index contributed by atoms with van der Waals surface area (Å²) in [6, 6.07) is 14.8. The van der Waals surface area contributed by atoms with E-state index in [2.05, 4.69) is 43.3 Å². The molecule has 2 nitrogen and oxygen atoms in total. The first-order chi connectivity index (χ1) is 10.3. The zero-order valence-corrected chi connectivity index (χ0v) is 13.3. The Bertz CT molecular complexity index is 599. The fourth-order valence-corrected chi connectivity index (χ4v) is 3.80. The first-order valence-electron chi connectivity index (χ1n) is 7.34. The van der Waals surface area contributed by atoms with Gasteiger partial charge in [0.25, 0.3) is 0 Å². The van der Waals surface area contributed by atoms with E-state index in [9.17, 15) is 0 Å². The van der Waals surface area contributed by atoms with Crippen LogP contribution >= 0.6 is 11.8 Å². The lowest BCUT2D eigenvalue weighted by molar-refractivity contribution is 0.294. The highest BCUT2D eigenvalue weighted by Crippen LogP contribution is 2.37. The number of fused-ring (bicyclic) bond motifs is 1. The molecule has 1 aliphatic rings. The molecule has 0 spiro atoms. The van der Waals surface area contributed by atoms with Gasteiger partial charge in [0.1, 0.15) is 6.61 Å². The maximum Gasteiger partial charge on any atom is 0.161 e. The first-order valence-corrected chi connectivity index (χ1v) is 8.22. The summed E-state index contributed by atoms with van der Waals surface area (Å²) in [4.78, 5) is 1.39. The molecule has 0 radical (unpaired) electrons. The zero-order valence-electron chi connectivity index (χ0n) is 12.5. The fourth-order valence-electron chi connectivity index (χ4n) is 2.58. The van der Waals surface area contributed by atoms with Crippen LogP contribution in [0.4, 0.5) is 0 Å². The second-order valence-electron chi connectivity index (χ2n) is 5.20. The normalized spacial score (nSPS) is 16.6. The molecule has 0 N–H and O–H groups in total. The van der Waals surface area contributed by atoms with Crippen LogP contribution in [0.1, 0.15) is 18.1 Å². The van der Waals surface area contributed by atoms with E-state index < -0.39 is 0 Å². The topological polar surface area (TPSA) is 18.5 Å². The Morgan fingerprint density at radius 3 is 2.76 bits per heavy atom. The van der Waals surface area contributed by atoms with Gasteiger partial charge in [-0.25, -0.2) is 0 Å². The van der Waals surface area contributed by atoms with Crippen molar-refractivity contribution in [3.8, 4) is 11.5 Å². The standard InChI is InChI=1S/C18H20O2S/c1-3-13-8-9-16(17(10-13)19-2)20-12-15-11-14-6-4-5-7-18(14)21-15/h4-10,15H,3,11-12H2,1-2H3. The van der Waals surface area contributed by atoms with Gasteiger partial charge in [0, 0.05) is 10.1 Å². The highest BCUT2D eigenvalue weighted by atomic mass is 32.2. The molecule has 110 valence electrons. The van der Waals surface area contributed by atoms with E-state index in [-0.39, 0.29) is 0 Å². The molecule has 2 aromatic carbocycles. The van der Waals surface area contributed by atoms with Gasteiger partial charge in [0.15, 0.2) is 11.5 Å². The predicted molar refractivity (Wildman–Crippen MR) is 87.7 cm³/mol. The zero-order chi connectivity index (χ0) is 14.7. The van der Waals surface area contributed by atoms with Gasteiger partial charge in [-0.1, -0.05) is 31.2 Å². The third-order valence-electron chi connectivity index (χ3n) is 3.77. The Morgan fingerprint density at radius 1 is 1.14 bits per heavy atom. The highest BCUT2D eigenvalue weighted by Gasteiger charge is 2.22. The second-order valence-corrected chi connectivity index (χ2v) is 6.54. The molecule has 1 heterocycles. The number of benzene rings is 2. The van der Waals surface area contributed by atoms with Crippen LogP contribution in [0, 0.1) is 0 Å². The number of hydrogen-bond donors (Lipinski definition) is 0. The molecule has 1 unspecified atom stereocenters. The van der Waals surface area contributed by atoms with E-state index in [0.29, 0.717) is 11.9 Å². The lowest BCUT2D eigenvalue weighted by Crippen LogP contribution is -2.13. The second kappa shape index (κ2) is 6.44. The van der Waals surface area contributed by atoms with Gasteiger partial charge in [0.05, 0.1) is 7.11 Å². The molecule has 0 fully saturated rings. The first kappa shape index (κ1) is 14.3. The van der Waals surface area contributed by atoms with Gasteiger partial charge in [0.2, 0.25) is 0 Å². The Kier molecular flexibility index (Phi) is 4.39. The summed E-state index contributed by atoms with van der Waals surface area (Å²) in [5.74, 6) is 1.67. The molecule has 0 bridgehead atoms. The van der Waals surface area contributed by atoms with Crippen LogP contribution < -0.4 is 9.47 Å². The fraction of sp³-hybridized carbons (Fsp3) is 0.333. The van der Waals surface area contributed by atoms with Crippen LogP contribution in [0.2, 0.25) is 0 Å². The molecule has 1 aliphatic heterocycles. The van der Waals surface area contributed by atoms with Crippen LogP contribution in [0.3, 0.4) is 0 Å². The average Bonchev–Trinajstić information content (AvgIpc) is 2.95. The summed E-state index contributed by atoms with van der Waals surface area (Å²) >= 11 is 1.91. The minimum Gasteiger partial charge on any atom is -0.493 e. The van der Waals surface area contributed by atoms with Crippen molar-refractivity contribution in [1.29, 1.82) is 0 Å². The highest BCUT2D eigenvalue weighted by molar-refractivity contribution is 8.00. The predicted octanol–water partition coefficient (Wildman–Crippen LogP) is 4.35. The summed E-state index contributed by atoms with van der Waals surface area (Å²) in [5, 5.41) is 0.484. The molecule has 3 rings (SSSR count). The Hall–Kier alpha value is -1.61. The SMILES string of the molecule is CCc1ccc(OCC2Cc3ccccc3S2)c(OC)c1. The van der Waals surface area contributed by atoms with Crippen molar-refractivity contribution >= 4 is 11.8 Å². The van der Waals surface area contributed by atoms with E-state index >= 15 is 0 Å². The number of ether oxygens (including phenoxy) is 2. The van der Waals surface area contributed by atoms with Crippen molar-refractivity contribution in [2.24, 2.45) is 0 Å². The van der Waals surface area contributed by atoms with Crippen molar-refractivity contribution in [2.45, 2.75) is 29.9 Å². The maximum absolute atomic E-state index is 6.00. The largest absolute Gasteiger partial charge is 0.493 e. The minimum atomic E-state index is 0.484. The summed E-state index contributed by atoms with van der Waals surface area (Å²) in [6.07, 6.45) is 2.08. The smallest absolute Gasteiger partial charge is 0.161 e. The van der Waals surface area contributed by atoms with Crippen molar-refractivity contribution < 1.29 is 9.47 Å². The number of aryl methyl sites for hydroxylation is 1. The lowest BCUT2D eigenvalue weighted by atomic mass is 10.1. The number of methoxy groups -OCH3 is 1. The maximum atomic E-state index is 6.00. The van der Waals surface area contributed by atoms with Crippen molar-refractivity contribution in [1.82, 2.24) is 0 Å². The van der Waals surface area contributed by atoms with Crippen LogP contribution in [-0.4, -0.2) is 19.0 Å². The summed E-state index contributed by atoms with van der Waals surface area (Å²) in [7, 11) is 1.70. The van der Waals surface area contributed by atoms with E-state index in [1.165, 1.54) is 16.0 Å². The molecule has 21 heavy (non-hydrogen) atoms. The molecular formula is C18H20O2S. The van der Waals surface area contributed by atoms with Gasteiger partial charge in [-0.3, -0.25) is 0 Å². The molecule has 0 aliphatic carbocycles. The molecular weight excluding hydrogens is 280 g/mol. The van der Waals surface area contributed by atoms with Crippen molar-refractivity contribution in [3.63, 3.8) is 0 Å². The van der Waals surface area contributed by atoms with Crippen LogP contribution in [0.25, 0.3) is 0 Å². The average molecular weight is 300 g/mol. The van der Waals surface area contributed by atoms with E-state index in [1.54, 1.807) is 7.11 Å². The lowest BCUT2D eigenvalue weighted by Gasteiger charge is -2.14. The minimum absolute atomic E-state index is 0.484. The van der Waals surface area contributed by atoms with Crippen molar-refractivity contribution in [2.75, 3.05) is 13.7 Å². The van der Waals surface area contributed by atoms with Crippen LogP contribution in [-0.2, 0) is 12.8 Å². The summed E-state index contributed by atoms with van der Waals surface area (Å²) in [5.41, 5.74) is 2.70. The molecule has 1 atom stereocenters. The molecule has 3 heteroatoms. The van der Waals surface area contributed by atoms with Gasteiger partial charge in [-0.2, -0.15) is 0 Å². The molecule has 0 saturated carbocycles. The summed E-state index contributed by atoms with van der Waals surface area (Å²) in [6.45, 7) is 2.85. The summed E-state index contributed by atoms with van der Waals surface area (Å²) < 4.78 is 11.4. The third kappa shape index (κ3) is 3.18. The Morgan fingerprint density at radius 2 is 2.00 bits per heavy atom. The number of hydrogen-bond acceptors (Lipinski definition) is 3. The van der Waals surface area contributed by atoms with Gasteiger partial charge < -0.3 is 9.47 Å².